The average Bonchev–Trinajstić information content (AvgIpc) is 2.31. The first kappa shape index (κ1) is 15.8. The van der Waals surface area contributed by atoms with Crippen LogP contribution in [-0.2, 0) is 0 Å². The fourth-order valence-electron chi connectivity index (χ4n) is 1.77. The third-order valence-corrected chi connectivity index (χ3v) is 3.18. The first-order valence-electron chi connectivity index (χ1n) is 5.86. The van der Waals surface area contributed by atoms with Gasteiger partial charge < -0.3 is 10.4 Å². The second-order valence-electron chi connectivity index (χ2n) is 4.69. The molecule has 1 rings (SSSR count). The van der Waals surface area contributed by atoms with Gasteiger partial charge in [0.1, 0.15) is 11.5 Å². The van der Waals surface area contributed by atoms with Crippen molar-refractivity contribution in [2.75, 3.05) is 11.9 Å². The molecule has 0 saturated heterocycles. The van der Waals surface area contributed by atoms with Crippen LogP contribution < -0.4 is 5.32 Å². The quantitative estimate of drug-likeness (QED) is 0.618. The minimum atomic E-state index is -0.693. The summed E-state index contributed by atoms with van der Waals surface area (Å²) in [5.74, 6) is -0.366. The summed E-state index contributed by atoms with van der Waals surface area (Å²) in [6.45, 7) is 3.82. The predicted octanol–water partition coefficient (Wildman–Crippen LogP) is 3.32. The van der Waals surface area contributed by atoms with Crippen LogP contribution in [0.2, 0.25) is 0 Å². The second kappa shape index (κ2) is 6.81. The summed E-state index contributed by atoms with van der Waals surface area (Å²) >= 11 is 2.99. The number of nitro groups is 1. The monoisotopic (exact) mass is 334 g/mol. The lowest BCUT2D eigenvalue weighted by Crippen LogP contribution is -2.26. The van der Waals surface area contributed by atoms with Crippen molar-refractivity contribution in [1.29, 1.82) is 0 Å². The van der Waals surface area contributed by atoms with Gasteiger partial charge in [-0.15, -0.1) is 0 Å². The van der Waals surface area contributed by atoms with Crippen molar-refractivity contribution in [3.8, 4) is 0 Å². The molecule has 5 nitrogen and oxygen atoms in total. The van der Waals surface area contributed by atoms with Gasteiger partial charge >= 0.3 is 0 Å². The molecule has 0 heterocycles. The lowest BCUT2D eigenvalue weighted by molar-refractivity contribution is -0.384. The number of nitrogens with one attached hydrogen (secondary N) is 1. The summed E-state index contributed by atoms with van der Waals surface area (Å²) < 4.78 is 13.5. The van der Waals surface area contributed by atoms with Gasteiger partial charge in [-0.05, 0) is 34.3 Å². The molecule has 0 fully saturated rings. The third-order valence-electron chi connectivity index (χ3n) is 2.57. The molecule has 1 aromatic rings. The van der Waals surface area contributed by atoms with Crippen LogP contribution in [0.25, 0.3) is 0 Å². The Hall–Kier alpha value is -1.21. The van der Waals surface area contributed by atoms with Crippen LogP contribution >= 0.6 is 15.9 Å². The van der Waals surface area contributed by atoms with E-state index in [-0.39, 0.29) is 28.5 Å². The Morgan fingerprint density at radius 2 is 2.16 bits per heavy atom. The van der Waals surface area contributed by atoms with Crippen molar-refractivity contribution in [3.63, 3.8) is 0 Å². The number of nitrogens with zero attached hydrogens (tertiary/aromatic N) is 1. The van der Waals surface area contributed by atoms with E-state index >= 15 is 0 Å². The summed E-state index contributed by atoms with van der Waals surface area (Å²) in [6.07, 6.45) is 0.655. The maximum absolute atomic E-state index is 13.3. The molecule has 0 saturated carbocycles. The third kappa shape index (κ3) is 4.43. The second-order valence-corrected chi connectivity index (χ2v) is 5.55. The summed E-state index contributed by atoms with van der Waals surface area (Å²) in [5.41, 5.74) is -0.152. The van der Waals surface area contributed by atoms with Gasteiger partial charge in [-0.25, -0.2) is 4.39 Å². The molecule has 0 aliphatic heterocycles. The van der Waals surface area contributed by atoms with E-state index < -0.39 is 10.7 Å². The van der Waals surface area contributed by atoms with Crippen molar-refractivity contribution in [1.82, 2.24) is 0 Å². The molecule has 7 heteroatoms. The molecule has 106 valence electrons. The van der Waals surface area contributed by atoms with Crippen LogP contribution in [0.3, 0.4) is 0 Å². The minimum absolute atomic E-state index is 0.141. The highest BCUT2D eigenvalue weighted by Crippen LogP contribution is 2.31. The first-order valence-corrected chi connectivity index (χ1v) is 6.65. The van der Waals surface area contributed by atoms with Gasteiger partial charge in [0.15, 0.2) is 0 Å². The van der Waals surface area contributed by atoms with Crippen LogP contribution in [0.1, 0.15) is 20.3 Å². The Morgan fingerprint density at radius 1 is 1.53 bits per heavy atom. The summed E-state index contributed by atoms with van der Waals surface area (Å²) in [5, 5.41) is 23.1. The number of hydrogen-bond acceptors (Lipinski definition) is 4. The Morgan fingerprint density at radius 3 is 2.63 bits per heavy atom. The highest BCUT2D eigenvalue weighted by Gasteiger charge is 2.20. The van der Waals surface area contributed by atoms with Gasteiger partial charge in [0, 0.05) is 6.04 Å². The normalized spacial score (nSPS) is 12.5. The topological polar surface area (TPSA) is 75.4 Å². The van der Waals surface area contributed by atoms with E-state index in [1.807, 2.05) is 13.8 Å². The van der Waals surface area contributed by atoms with Gasteiger partial charge in [0.25, 0.3) is 5.69 Å². The number of nitro benzene ring substituents is 1. The Bertz CT molecular complexity index is 469. The summed E-state index contributed by atoms with van der Waals surface area (Å²) in [7, 11) is 0. The maximum atomic E-state index is 13.3. The Kier molecular flexibility index (Phi) is 5.68. The van der Waals surface area contributed by atoms with E-state index in [4.69, 9.17) is 0 Å². The zero-order valence-electron chi connectivity index (χ0n) is 10.7. The van der Waals surface area contributed by atoms with Crippen LogP contribution in [0.4, 0.5) is 15.8 Å². The van der Waals surface area contributed by atoms with E-state index in [0.29, 0.717) is 12.3 Å². The van der Waals surface area contributed by atoms with Gasteiger partial charge in [-0.2, -0.15) is 0 Å². The number of hydrogen-bond donors (Lipinski definition) is 2. The molecule has 0 aromatic heterocycles. The zero-order valence-corrected chi connectivity index (χ0v) is 12.3. The van der Waals surface area contributed by atoms with E-state index in [0.717, 1.165) is 6.07 Å². The van der Waals surface area contributed by atoms with E-state index in [1.165, 1.54) is 6.07 Å². The van der Waals surface area contributed by atoms with E-state index in [2.05, 4.69) is 21.2 Å². The molecule has 1 atom stereocenters. The average molecular weight is 335 g/mol. The van der Waals surface area contributed by atoms with Crippen LogP contribution in [-0.4, -0.2) is 22.7 Å². The molecule has 0 amide bonds. The van der Waals surface area contributed by atoms with E-state index in [9.17, 15) is 19.6 Å². The molecular weight excluding hydrogens is 319 g/mol. The lowest BCUT2D eigenvalue weighted by Gasteiger charge is -2.19. The molecule has 1 unspecified atom stereocenters. The van der Waals surface area contributed by atoms with Crippen molar-refractivity contribution in [3.05, 3.63) is 32.5 Å². The Balaban J connectivity index is 3.04. The maximum Gasteiger partial charge on any atom is 0.295 e. The largest absolute Gasteiger partial charge is 0.394 e. The molecule has 1 aromatic carbocycles. The molecule has 0 bridgehead atoms. The predicted molar refractivity (Wildman–Crippen MR) is 74.7 cm³/mol. The fraction of sp³-hybridized carbons (Fsp3) is 0.500. The van der Waals surface area contributed by atoms with Gasteiger partial charge in [-0.1, -0.05) is 13.8 Å². The fourth-order valence-corrected chi connectivity index (χ4v) is 2.11. The van der Waals surface area contributed by atoms with Crippen molar-refractivity contribution < 1.29 is 14.4 Å². The number of benzene rings is 1. The summed E-state index contributed by atoms with van der Waals surface area (Å²) in [4.78, 5) is 10.2. The minimum Gasteiger partial charge on any atom is -0.394 e. The Labute approximate surface area is 119 Å². The lowest BCUT2D eigenvalue weighted by atomic mass is 10.0. The smallest absolute Gasteiger partial charge is 0.295 e. The molecule has 0 spiro atoms. The van der Waals surface area contributed by atoms with E-state index in [1.54, 1.807) is 0 Å². The van der Waals surface area contributed by atoms with Crippen molar-refractivity contribution in [2.24, 2.45) is 5.92 Å². The highest BCUT2D eigenvalue weighted by atomic mass is 79.9. The van der Waals surface area contributed by atoms with Gasteiger partial charge in [0.2, 0.25) is 0 Å². The summed E-state index contributed by atoms with van der Waals surface area (Å²) in [6, 6.07) is 1.86. The molecular formula is C12H16BrFN2O3. The highest BCUT2D eigenvalue weighted by molar-refractivity contribution is 9.10. The first-order chi connectivity index (χ1) is 8.85. The number of rotatable bonds is 6. The number of aliphatic hydroxyl groups excluding tert-OH is 1. The molecule has 2 N–H and O–H groups in total. The molecule has 0 aliphatic rings. The van der Waals surface area contributed by atoms with Gasteiger partial charge in [-0.3, -0.25) is 10.1 Å². The molecule has 0 aliphatic carbocycles. The number of anilines is 1. The number of aliphatic hydroxyl groups is 1. The standard InChI is InChI=1S/C12H16BrFN2O3/c1-7(2)3-8(6-17)15-11-4-9(13)10(14)5-12(11)16(18)19/h4-5,7-8,15,17H,3,6H2,1-2H3. The molecule has 0 radical (unpaired) electrons. The van der Waals surface area contributed by atoms with Gasteiger partial charge in [0.05, 0.1) is 22.1 Å². The SMILES string of the molecule is CC(C)CC(CO)Nc1cc(Br)c(F)cc1[N+](=O)[O-]. The van der Waals surface area contributed by atoms with Crippen molar-refractivity contribution >= 4 is 27.3 Å². The van der Waals surface area contributed by atoms with Crippen LogP contribution in [0.15, 0.2) is 16.6 Å². The zero-order chi connectivity index (χ0) is 14.6. The molecule has 19 heavy (non-hydrogen) atoms. The van der Waals surface area contributed by atoms with Crippen molar-refractivity contribution in [2.45, 2.75) is 26.3 Å². The van der Waals surface area contributed by atoms with Crippen LogP contribution in [0.5, 0.6) is 0 Å². The van der Waals surface area contributed by atoms with Crippen LogP contribution in [0, 0.1) is 21.8 Å². The number of halogens is 2.